The smallest absolute Gasteiger partial charge is 0.0164 e. The Hall–Kier alpha value is -0.120. The van der Waals surface area contributed by atoms with Gasteiger partial charge in [0.25, 0.3) is 0 Å². The average molecular weight is 552 g/mol. The van der Waals surface area contributed by atoms with Crippen molar-refractivity contribution < 1.29 is 0 Å². The third-order valence-corrected chi connectivity index (χ3v) is 8.45. The lowest BCUT2D eigenvalue weighted by Crippen LogP contribution is -2.41. The zero-order valence-electron chi connectivity index (χ0n) is 27.7. The predicted molar refractivity (Wildman–Crippen MR) is 179 cm³/mol. The molecule has 3 nitrogen and oxygen atoms in total. The molecule has 39 heavy (non-hydrogen) atoms. The van der Waals surface area contributed by atoms with Gasteiger partial charge in [-0.2, -0.15) is 0 Å². The largest absolute Gasteiger partial charge is 0.327 e. The highest BCUT2D eigenvalue weighted by Crippen LogP contribution is 2.16. The molecule has 0 spiro atoms. The molecule has 3 heteroatoms. The van der Waals surface area contributed by atoms with Crippen molar-refractivity contribution in [2.24, 2.45) is 5.73 Å². The molecule has 0 aliphatic carbocycles. The van der Waals surface area contributed by atoms with E-state index in [4.69, 9.17) is 5.73 Å². The minimum absolute atomic E-state index is 0.242. The molecule has 2 atom stereocenters. The van der Waals surface area contributed by atoms with Gasteiger partial charge in [0.1, 0.15) is 0 Å². The Morgan fingerprint density at radius 2 is 0.692 bits per heavy atom. The van der Waals surface area contributed by atoms with Crippen molar-refractivity contribution in [3.63, 3.8) is 0 Å². The molecule has 0 aromatic rings. The Labute approximate surface area is 248 Å². The van der Waals surface area contributed by atoms with Crippen LogP contribution >= 0.6 is 0 Å². The van der Waals surface area contributed by atoms with Gasteiger partial charge >= 0.3 is 0 Å². The topological polar surface area (TPSA) is 50.1 Å². The molecule has 0 aliphatic rings. The Kier molecular flexibility index (Phi) is 34.0. The average Bonchev–Trinajstić information content (AvgIpc) is 2.93. The predicted octanol–water partition coefficient (Wildman–Crippen LogP) is 10.8. The third kappa shape index (κ3) is 35.9. The van der Waals surface area contributed by atoms with Gasteiger partial charge in [0.15, 0.2) is 0 Å². The second kappa shape index (κ2) is 34.1. The summed E-state index contributed by atoms with van der Waals surface area (Å²) in [5.74, 6) is 0. The summed E-state index contributed by atoms with van der Waals surface area (Å²) in [4.78, 5) is 0. The monoisotopic (exact) mass is 552 g/mol. The van der Waals surface area contributed by atoms with E-state index in [2.05, 4.69) is 31.4 Å². The third-order valence-electron chi connectivity index (χ3n) is 8.45. The first kappa shape index (κ1) is 38.9. The normalized spacial score (nSPS) is 13.2. The second-order valence-electron chi connectivity index (χ2n) is 13.0. The summed E-state index contributed by atoms with van der Waals surface area (Å²) in [6, 6.07) is 0.751. The van der Waals surface area contributed by atoms with Crippen LogP contribution in [0.1, 0.15) is 201 Å². The first-order chi connectivity index (χ1) is 19.2. The molecule has 0 aliphatic heterocycles. The second-order valence-corrected chi connectivity index (χ2v) is 13.0. The summed E-state index contributed by atoms with van der Waals surface area (Å²) in [6.07, 6.45) is 40.9. The Morgan fingerprint density at radius 3 is 0.974 bits per heavy atom. The van der Waals surface area contributed by atoms with Gasteiger partial charge in [-0.25, -0.2) is 0 Å². The minimum Gasteiger partial charge on any atom is -0.327 e. The zero-order valence-corrected chi connectivity index (χ0v) is 27.7. The van der Waals surface area contributed by atoms with Crippen LogP contribution in [0.25, 0.3) is 0 Å². The van der Waals surface area contributed by atoms with Gasteiger partial charge < -0.3 is 16.4 Å². The molecule has 0 aromatic heterocycles. The summed E-state index contributed by atoms with van der Waals surface area (Å²) in [5, 5.41) is 7.04. The molecule has 0 fully saturated rings. The highest BCUT2D eigenvalue weighted by atomic mass is 15.0. The maximum Gasteiger partial charge on any atom is 0.0164 e. The maximum absolute atomic E-state index is 5.79. The molecule has 0 amide bonds. The number of hydrogen-bond acceptors (Lipinski definition) is 3. The van der Waals surface area contributed by atoms with Crippen molar-refractivity contribution in [2.45, 2.75) is 213 Å². The summed E-state index contributed by atoms with van der Waals surface area (Å²) in [6.45, 7) is 9.70. The van der Waals surface area contributed by atoms with Crippen LogP contribution in [0.4, 0.5) is 0 Å². The van der Waals surface area contributed by atoms with Crippen LogP contribution in [0.15, 0.2) is 0 Å². The number of rotatable bonds is 34. The summed E-state index contributed by atoms with van der Waals surface area (Å²) in [7, 11) is 0. The fourth-order valence-electron chi connectivity index (χ4n) is 5.70. The van der Waals surface area contributed by atoms with Gasteiger partial charge in [-0.05, 0) is 26.8 Å². The van der Waals surface area contributed by atoms with Crippen LogP contribution in [0.3, 0.4) is 0 Å². The summed E-state index contributed by atoms with van der Waals surface area (Å²) < 4.78 is 0. The minimum atomic E-state index is 0.242. The van der Waals surface area contributed by atoms with Gasteiger partial charge in [0.2, 0.25) is 0 Å². The van der Waals surface area contributed by atoms with E-state index in [9.17, 15) is 0 Å². The molecule has 0 radical (unpaired) electrons. The van der Waals surface area contributed by atoms with E-state index < -0.39 is 0 Å². The van der Waals surface area contributed by atoms with E-state index in [0.29, 0.717) is 6.04 Å². The Balaban J connectivity index is 3.07. The maximum atomic E-state index is 5.79. The van der Waals surface area contributed by atoms with Crippen LogP contribution in [-0.4, -0.2) is 31.7 Å². The van der Waals surface area contributed by atoms with E-state index in [1.807, 2.05) is 0 Å². The molecule has 0 rings (SSSR count). The quantitative estimate of drug-likeness (QED) is 0.0697. The van der Waals surface area contributed by atoms with Gasteiger partial charge in [-0.3, -0.25) is 0 Å². The van der Waals surface area contributed by atoms with Crippen LogP contribution in [-0.2, 0) is 0 Å². The molecular weight excluding hydrogens is 474 g/mol. The molecule has 0 aromatic carbocycles. The van der Waals surface area contributed by atoms with E-state index in [1.165, 1.54) is 180 Å². The van der Waals surface area contributed by atoms with Crippen molar-refractivity contribution in [1.82, 2.24) is 10.6 Å². The van der Waals surface area contributed by atoms with Crippen molar-refractivity contribution in [3.05, 3.63) is 0 Å². The van der Waals surface area contributed by atoms with Gasteiger partial charge in [-0.1, -0.05) is 180 Å². The number of unbranched alkanes of at least 4 members (excludes halogenated alkanes) is 27. The number of hydrogen-bond donors (Lipinski definition) is 3. The zero-order chi connectivity index (χ0) is 28.5. The van der Waals surface area contributed by atoms with Crippen LogP contribution in [0.5, 0.6) is 0 Å². The highest BCUT2D eigenvalue weighted by molar-refractivity contribution is 4.67. The molecule has 4 N–H and O–H groups in total. The van der Waals surface area contributed by atoms with Crippen molar-refractivity contribution in [2.75, 3.05) is 19.6 Å². The Morgan fingerprint density at radius 1 is 0.410 bits per heavy atom. The van der Waals surface area contributed by atoms with Gasteiger partial charge in [-0.15, -0.1) is 0 Å². The molecule has 2 unspecified atom stereocenters. The number of nitrogens with one attached hydrogen (secondary N) is 2. The van der Waals surface area contributed by atoms with Gasteiger partial charge in [0.05, 0.1) is 0 Å². The van der Waals surface area contributed by atoms with Crippen LogP contribution in [0, 0.1) is 0 Å². The van der Waals surface area contributed by atoms with E-state index in [-0.39, 0.29) is 6.04 Å². The molecular formula is C36H77N3. The molecule has 0 heterocycles. The SMILES string of the molecule is CCCCCCCCCCCCCCCCCCCCCCCCCCCCCCNCC(C)NCC(C)N. The fraction of sp³-hybridized carbons (Fsp3) is 1.00. The lowest BCUT2D eigenvalue weighted by molar-refractivity contribution is 0.474. The molecule has 236 valence electrons. The molecule has 0 saturated carbocycles. The summed E-state index contributed by atoms with van der Waals surface area (Å²) in [5.41, 5.74) is 5.79. The van der Waals surface area contributed by atoms with Crippen molar-refractivity contribution >= 4 is 0 Å². The number of nitrogens with two attached hydrogens (primary N) is 1. The first-order valence-electron chi connectivity index (χ1n) is 18.4. The van der Waals surface area contributed by atoms with Crippen LogP contribution < -0.4 is 16.4 Å². The standard InChI is InChI=1S/C36H77N3/c1-4-5-6-7-8-9-10-11-12-13-14-15-16-17-18-19-20-21-22-23-24-25-26-27-28-29-30-31-32-38-34-36(3)39-33-35(2)37/h35-36,38-39H,4-34,37H2,1-3H3. The van der Waals surface area contributed by atoms with Gasteiger partial charge in [0, 0.05) is 25.2 Å². The molecule has 0 saturated heterocycles. The highest BCUT2D eigenvalue weighted by Gasteiger charge is 2.02. The van der Waals surface area contributed by atoms with Crippen LogP contribution in [0.2, 0.25) is 0 Å². The lowest BCUT2D eigenvalue weighted by Gasteiger charge is -2.16. The molecule has 0 bridgehead atoms. The lowest BCUT2D eigenvalue weighted by atomic mass is 10.0. The first-order valence-corrected chi connectivity index (χ1v) is 18.4. The van der Waals surface area contributed by atoms with E-state index >= 15 is 0 Å². The van der Waals surface area contributed by atoms with Crippen molar-refractivity contribution in [1.29, 1.82) is 0 Å². The van der Waals surface area contributed by atoms with Crippen molar-refractivity contribution in [3.8, 4) is 0 Å². The fourth-order valence-corrected chi connectivity index (χ4v) is 5.70. The Bertz CT molecular complexity index is 426. The van der Waals surface area contributed by atoms with E-state index in [0.717, 1.165) is 19.6 Å². The summed E-state index contributed by atoms with van der Waals surface area (Å²) >= 11 is 0. The van der Waals surface area contributed by atoms with E-state index in [1.54, 1.807) is 0 Å².